The number of rotatable bonds is 4. The van der Waals surface area contributed by atoms with Crippen molar-refractivity contribution in [1.29, 1.82) is 0 Å². The number of fused-ring (bicyclic) bond motifs is 2. The molecule has 2 fully saturated rings. The predicted octanol–water partition coefficient (Wildman–Crippen LogP) is 4.58. The van der Waals surface area contributed by atoms with Crippen LogP contribution in [0.15, 0.2) is 30.3 Å². The first-order chi connectivity index (χ1) is 15.4. The Kier molecular flexibility index (Phi) is 5.34. The van der Waals surface area contributed by atoms with Crippen LogP contribution in [0.3, 0.4) is 0 Å². The summed E-state index contributed by atoms with van der Waals surface area (Å²) in [4.78, 5) is 27.9. The second-order valence-electron chi connectivity index (χ2n) is 8.99. The molecule has 32 heavy (non-hydrogen) atoms. The number of nitrogens with zero attached hydrogens (tertiary/aromatic N) is 1. The van der Waals surface area contributed by atoms with Gasteiger partial charge in [-0.2, -0.15) is 0 Å². The Labute approximate surface area is 191 Å². The summed E-state index contributed by atoms with van der Waals surface area (Å²) >= 11 is 5.81. The minimum Gasteiger partial charge on any atom is -0.488 e. The van der Waals surface area contributed by atoms with Gasteiger partial charge in [0.15, 0.2) is 0 Å². The molecule has 5 rings (SSSR count). The van der Waals surface area contributed by atoms with Crippen LogP contribution in [-0.4, -0.2) is 43.0 Å². The zero-order chi connectivity index (χ0) is 22.5. The van der Waals surface area contributed by atoms with Gasteiger partial charge in [0.25, 0.3) is 5.91 Å². The van der Waals surface area contributed by atoms with Crippen molar-refractivity contribution in [2.75, 3.05) is 30.8 Å². The minimum atomic E-state index is -0.689. The number of anilines is 2. The fourth-order valence-electron chi connectivity index (χ4n) is 4.82. The quantitative estimate of drug-likeness (QED) is 0.705. The topological polar surface area (TPSA) is 70.7 Å². The molecule has 1 saturated carbocycles. The van der Waals surface area contributed by atoms with Gasteiger partial charge in [-0.05, 0) is 62.6 Å². The third kappa shape index (κ3) is 3.63. The van der Waals surface area contributed by atoms with E-state index in [2.05, 4.69) is 22.6 Å². The maximum Gasteiger partial charge on any atom is 0.258 e. The van der Waals surface area contributed by atoms with E-state index in [0.717, 1.165) is 56.8 Å². The largest absolute Gasteiger partial charge is 0.488 e. The highest BCUT2D eigenvalue weighted by Gasteiger charge is 2.52. The van der Waals surface area contributed by atoms with E-state index in [-0.39, 0.29) is 22.6 Å². The molecule has 0 atom stereocenters. The molecule has 1 spiro atoms. The van der Waals surface area contributed by atoms with E-state index in [1.807, 2.05) is 6.07 Å². The highest BCUT2D eigenvalue weighted by Crippen LogP contribution is 2.54. The zero-order valence-electron chi connectivity index (χ0n) is 17.8. The Balaban J connectivity index is 1.48. The average molecular weight is 458 g/mol. The number of hydrogen-bond donors (Lipinski definition) is 2. The van der Waals surface area contributed by atoms with Gasteiger partial charge in [0.1, 0.15) is 17.7 Å². The summed E-state index contributed by atoms with van der Waals surface area (Å²) in [5.74, 6) is -0.726. The van der Waals surface area contributed by atoms with E-state index >= 15 is 0 Å². The SMILES string of the molecule is CN1CCC(Oc2cc(NC(=O)c3ccc(Cl)cc3F)cc3c2NC(=O)C32CCC2)CC1. The smallest absolute Gasteiger partial charge is 0.258 e. The van der Waals surface area contributed by atoms with Crippen LogP contribution in [0, 0.1) is 5.82 Å². The molecule has 2 aliphatic heterocycles. The van der Waals surface area contributed by atoms with Gasteiger partial charge in [0.05, 0.1) is 16.7 Å². The number of amides is 2. The molecule has 0 aromatic heterocycles. The van der Waals surface area contributed by atoms with Crippen LogP contribution < -0.4 is 15.4 Å². The lowest BCUT2D eigenvalue weighted by Gasteiger charge is -2.36. The van der Waals surface area contributed by atoms with Crippen molar-refractivity contribution in [3.05, 3.63) is 52.3 Å². The molecular formula is C24H25ClFN3O3. The molecule has 0 unspecified atom stereocenters. The molecule has 2 aromatic rings. The monoisotopic (exact) mass is 457 g/mol. The number of halogens is 2. The average Bonchev–Trinajstić information content (AvgIpc) is 3.02. The third-order valence-electron chi connectivity index (χ3n) is 6.89. The van der Waals surface area contributed by atoms with Crippen molar-refractivity contribution in [1.82, 2.24) is 4.90 Å². The number of piperidine rings is 1. The van der Waals surface area contributed by atoms with E-state index in [1.54, 1.807) is 6.07 Å². The molecule has 2 heterocycles. The van der Waals surface area contributed by atoms with Crippen LogP contribution in [0.1, 0.15) is 48.0 Å². The molecule has 2 N–H and O–H groups in total. The summed E-state index contributed by atoms with van der Waals surface area (Å²) in [6.45, 7) is 1.88. The molecule has 1 aliphatic carbocycles. The lowest BCUT2D eigenvalue weighted by molar-refractivity contribution is -0.123. The van der Waals surface area contributed by atoms with Crippen molar-refractivity contribution in [2.45, 2.75) is 43.6 Å². The van der Waals surface area contributed by atoms with Gasteiger partial charge in [0.2, 0.25) is 5.91 Å². The van der Waals surface area contributed by atoms with E-state index in [1.165, 1.54) is 12.1 Å². The molecular weight excluding hydrogens is 433 g/mol. The summed E-state index contributed by atoms with van der Waals surface area (Å²) in [5.41, 5.74) is 1.37. The fraction of sp³-hybridized carbons (Fsp3) is 0.417. The molecule has 168 valence electrons. The van der Waals surface area contributed by atoms with Gasteiger partial charge >= 0.3 is 0 Å². The molecule has 1 saturated heterocycles. The maximum atomic E-state index is 14.3. The first-order valence-corrected chi connectivity index (χ1v) is 11.4. The molecule has 2 aromatic carbocycles. The first-order valence-electron chi connectivity index (χ1n) is 11.0. The Bertz CT molecular complexity index is 1090. The third-order valence-corrected chi connectivity index (χ3v) is 7.13. The first kappa shape index (κ1) is 21.2. The van der Waals surface area contributed by atoms with Gasteiger partial charge in [-0.3, -0.25) is 9.59 Å². The summed E-state index contributed by atoms with van der Waals surface area (Å²) in [5, 5.41) is 6.03. The van der Waals surface area contributed by atoms with E-state index < -0.39 is 17.1 Å². The van der Waals surface area contributed by atoms with Gasteiger partial charge in [0, 0.05) is 29.9 Å². The second kappa shape index (κ2) is 8.05. The lowest BCUT2D eigenvalue weighted by atomic mass is 9.65. The van der Waals surface area contributed by atoms with Crippen molar-refractivity contribution >= 4 is 34.8 Å². The van der Waals surface area contributed by atoms with Crippen LogP contribution in [0.25, 0.3) is 0 Å². The highest BCUT2D eigenvalue weighted by molar-refractivity contribution is 6.30. The molecule has 2 amide bonds. The molecule has 0 radical (unpaired) electrons. The second-order valence-corrected chi connectivity index (χ2v) is 9.42. The number of carbonyl (C=O) groups excluding carboxylic acids is 2. The normalized spacial score (nSPS) is 19.9. The van der Waals surface area contributed by atoms with Crippen LogP contribution in [0.4, 0.5) is 15.8 Å². The summed E-state index contributed by atoms with van der Waals surface area (Å²) < 4.78 is 20.6. The van der Waals surface area contributed by atoms with E-state index in [0.29, 0.717) is 17.1 Å². The van der Waals surface area contributed by atoms with Crippen molar-refractivity contribution in [3.63, 3.8) is 0 Å². The highest BCUT2D eigenvalue weighted by atomic mass is 35.5. The van der Waals surface area contributed by atoms with Gasteiger partial charge < -0.3 is 20.3 Å². The fourth-order valence-corrected chi connectivity index (χ4v) is 4.98. The molecule has 8 heteroatoms. The number of likely N-dealkylation sites (tertiary alicyclic amines) is 1. The number of benzene rings is 2. The zero-order valence-corrected chi connectivity index (χ0v) is 18.6. The van der Waals surface area contributed by atoms with Crippen molar-refractivity contribution in [3.8, 4) is 5.75 Å². The van der Waals surface area contributed by atoms with Crippen molar-refractivity contribution in [2.24, 2.45) is 0 Å². The Morgan fingerprint density at radius 1 is 1.25 bits per heavy atom. The van der Waals surface area contributed by atoms with Crippen molar-refractivity contribution < 1.29 is 18.7 Å². The predicted molar refractivity (Wildman–Crippen MR) is 121 cm³/mol. The molecule has 3 aliphatic rings. The standard InChI is InChI=1S/C24H25ClFN3O3/c1-29-9-5-16(6-10-29)32-20-13-15(27-22(30)17-4-3-14(25)11-19(17)26)12-18-21(20)28-23(31)24(18)7-2-8-24/h3-4,11-13,16H,2,5-10H2,1H3,(H,27,30)(H,28,31). The molecule has 0 bridgehead atoms. The Hall–Kier alpha value is -2.64. The number of ether oxygens (including phenoxy) is 1. The van der Waals surface area contributed by atoms with Gasteiger partial charge in [-0.15, -0.1) is 0 Å². The number of hydrogen-bond acceptors (Lipinski definition) is 4. The van der Waals surface area contributed by atoms with E-state index in [9.17, 15) is 14.0 Å². The Morgan fingerprint density at radius 2 is 2.00 bits per heavy atom. The number of nitrogens with one attached hydrogen (secondary N) is 2. The summed E-state index contributed by atoms with van der Waals surface area (Å²) in [6, 6.07) is 7.48. The minimum absolute atomic E-state index is 0.0146. The van der Waals surface area contributed by atoms with Crippen LogP contribution >= 0.6 is 11.6 Å². The van der Waals surface area contributed by atoms with Crippen LogP contribution in [0.5, 0.6) is 5.75 Å². The maximum absolute atomic E-state index is 14.3. The lowest BCUT2D eigenvalue weighted by Crippen LogP contribution is -2.40. The van der Waals surface area contributed by atoms with Crippen LogP contribution in [0.2, 0.25) is 5.02 Å². The molecule has 6 nitrogen and oxygen atoms in total. The summed E-state index contributed by atoms with van der Waals surface area (Å²) in [7, 11) is 2.08. The number of carbonyl (C=O) groups is 2. The van der Waals surface area contributed by atoms with Crippen LogP contribution in [-0.2, 0) is 10.2 Å². The summed E-state index contributed by atoms with van der Waals surface area (Å²) in [6.07, 6.45) is 4.31. The van der Waals surface area contributed by atoms with Gasteiger partial charge in [-0.1, -0.05) is 18.0 Å². The van der Waals surface area contributed by atoms with E-state index in [4.69, 9.17) is 16.3 Å². The Morgan fingerprint density at radius 3 is 2.66 bits per heavy atom. The van der Waals surface area contributed by atoms with Gasteiger partial charge in [-0.25, -0.2) is 4.39 Å².